The second kappa shape index (κ2) is 4.81. The van der Waals surface area contributed by atoms with Crippen LogP contribution in [0.3, 0.4) is 0 Å². The molecular formula is C15H18N2O3. The number of carboxylic acid groups (broad SMARTS) is 1. The standard InChI is InChI=1S/C15H18N2O3/c18-13-10-17(8-7-16-13)12-3-1-11(2-4-12)15(5-6-15)9-14(19)20/h1-4H,5-10H2,(H,16,18)(H,19,20). The Balaban J connectivity index is 1.74. The molecule has 0 unspecified atom stereocenters. The first-order chi connectivity index (χ1) is 9.59. The highest BCUT2D eigenvalue weighted by atomic mass is 16.4. The SMILES string of the molecule is O=C(O)CC1(c2ccc(N3CCNC(=O)C3)cc2)CC1. The van der Waals surface area contributed by atoms with Crippen LogP contribution in [0.4, 0.5) is 5.69 Å². The van der Waals surface area contributed by atoms with E-state index < -0.39 is 5.97 Å². The lowest BCUT2D eigenvalue weighted by atomic mass is 9.92. The zero-order chi connectivity index (χ0) is 14.2. The van der Waals surface area contributed by atoms with Crippen molar-refractivity contribution in [2.45, 2.75) is 24.7 Å². The van der Waals surface area contributed by atoms with Crippen LogP contribution < -0.4 is 10.2 Å². The van der Waals surface area contributed by atoms with Crippen molar-refractivity contribution in [3.05, 3.63) is 29.8 Å². The molecule has 5 nitrogen and oxygen atoms in total. The fourth-order valence-corrected chi connectivity index (χ4v) is 2.89. The molecule has 0 aromatic heterocycles. The number of carbonyl (C=O) groups excluding carboxylic acids is 1. The minimum absolute atomic E-state index is 0.0462. The number of anilines is 1. The Morgan fingerprint density at radius 1 is 1.30 bits per heavy atom. The summed E-state index contributed by atoms with van der Waals surface area (Å²) in [5.41, 5.74) is 1.98. The molecule has 1 saturated carbocycles. The van der Waals surface area contributed by atoms with Gasteiger partial charge in [0, 0.05) is 24.2 Å². The predicted octanol–water partition coefficient (Wildman–Crippen LogP) is 1.13. The zero-order valence-corrected chi connectivity index (χ0v) is 11.3. The van der Waals surface area contributed by atoms with Crippen LogP contribution in [0.15, 0.2) is 24.3 Å². The number of aliphatic carboxylic acids is 1. The molecule has 2 N–H and O–H groups in total. The first kappa shape index (κ1) is 13.0. The van der Waals surface area contributed by atoms with E-state index in [4.69, 9.17) is 5.11 Å². The average Bonchev–Trinajstić information content (AvgIpc) is 3.19. The van der Waals surface area contributed by atoms with Gasteiger partial charge in [-0.2, -0.15) is 0 Å². The third kappa shape index (κ3) is 2.48. The lowest BCUT2D eigenvalue weighted by Crippen LogP contribution is -2.47. The van der Waals surface area contributed by atoms with Crippen molar-refractivity contribution in [1.29, 1.82) is 0 Å². The van der Waals surface area contributed by atoms with Gasteiger partial charge in [0.15, 0.2) is 0 Å². The summed E-state index contributed by atoms with van der Waals surface area (Å²) < 4.78 is 0. The molecule has 1 saturated heterocycles. The summed E-state index contributed by atoms with van der Waals surface area (Å²) in [7, 11) is 0. The number of carboxylic acids is 1. The van der Waals surface area contributed by atoms with Crippen LogP contribution in [0, 0.1) is 0 Å². The van der Waals surface area contributed by atoms with Gasteiger partial charge in [-0.05, 0) is 30.5 Å². The maximum Gasteiger partial charge on any atom is 0.304 e. The van der Waals surface area contributed by atoms with E-state index in [0.717, 1.165) is 30.6 Å². The summed E-state index contributed by atoms with van der Waals surface area (Å²) in [6, 6.07) is 8.02. The highest BCUT2D eigenvalue weighted by molar-refractivity contribution is 5.82. The number of nitrogens with one attached hydrogen (secondary N) is 1. The largest absolute Gasteiger partial charge is 0.481 e. The molecule has 1 aromatic carbocycles. The minimum atomic E-state index is -0.737. The molecule has 1 aliphatic carbocycles. The van der Waals surface area contributed by atoms with Gasteiger partial charge < -0.3 is 15.3 Å². The van der Waals surface area contributed by atoms with Gasteiger partial charge in [-0.1, -0.05) is 12.1 Å². The number of amides is 1. The zero-order valence-electron chi connectivity index (χ0n) is 11.3. The van der Waals surface area contributed by atoms with E-state index in [1.165, 1.54) is 0 Å². The molecule has 0 bridgehead atoms. The topological polar surface area (TPSA) is 69.6 Å². The van der Waals surface area contributed by atoms with E-state index in [9.17, 15) is 9.59 Å². The second-order valence-corrected chi connectivity index (χ2v) is 5.67. The number of rotatable bonds is 4. The average molecular weight is 274 g/mol. The third-order valence-corrected chi connectivity index (χ3v) is 4.23. The van der Waals surface area contributed by atoms with E-state index in [1.807, 2.05) is 29.2 Å². The maximum atomic E-state index is 11.4. The van der Waals surface area contributed by atoms with Crippen LogP contribution >= 0.6 is 0 Å². The summed E-state index contributed by atoms with van der Waals surface area (Å²) in [6.07, 6.45) is 2.11. The van der Waals surface area contributed by atoms with E-state index in [2.05, 4.69) is 5.32 Å². The molecule has 1 amide bonds. The fraction of sp³-hybridized carbons (Fsp3) is 0.467. The molecule has 2 aliphatic rings. The smallest absolute Gasteiger partial charge is 0.304 e. The number of piperazine rings is 1. The Labute approximate surface area is 117 Å². The van der Waals surface area contributed by atoms with E-state index >= 15 is 0 Å². The van der Waals surface area contributed by atoms with Gasteiger partial charge >= 0.3 is 5.97 Å². The molecular weight excluding hydrogens is 256 g/mol. The van der Waals surface area contributed by atoms with Gasteiger partial charge in [0.05, 0.1) is 13.0 Å². The molecule has 1 heterocycles. The van der Waals surface area contributed by atoms with E-state index in [-0.39, 0.29) is 17.7 Å². The Kier molecular flexibility index (Phi) is 3.12. The van der Waals surface area contributed by atoms with Gasteiger partial charge in [-0.25, -0.2) is 0 Å². The Morgan fingerprint density at radius 2 is 2.00 bits per heavy atom. The molecule has 1 aromatic rings. The number of hydrogen-bond acceptors (Lipinski definition) is 3. The second-order valence-electron chi connectivity index (χ2n) is 5.67. The number of carbonyl (C=O) groups is 2. The summed E-state index contributed by atoms with van der Waals surface area (Å²) >= 11 is 0. The number of nitrogens with zero attached hydrogens (tertiary/aromatic N) is 1. The van der Waals surface area contributed by atoms with E-state index in [0.29, 0.717) is 13.1 Å². The van der Waals surface area contributed by atoms with E-state index in [1.54, 1.807) is 0 Å². The van der Waals surface area contributed by atoms with Crippen molar-refractivity contribution in [1.82, 2.24) is 5.32 Å². The normalized spacial score (nSPS) is 20.4. The molecule has 0 spiro atoms. The Bertz CT molecular complexity index is 535. The van der Waals surface area contributed by atoms with Crippen LogP contribution in [0.5, 0.6) is 0 Å². The van der Waals surface area contributed by atoms with Gasteiger partial charge in [-0.15, -0.1) is 0 Å². The van der Waals surface area contributed by atoms with Gasteiger partial charge in [0.25, 0.3) is 0 Å². The fourth-order valence-electron chi connectivity index (χ4n) is 2.89. The van der Waals surface area contributed by atoms with Crippen LogP contribution in [-0.2, 0) is 15.0 Å². The monoisotopic (exact) mass is 274 g/mol. The molecule has 0 atom stereocenters. The summed E-state index contributed by atoms with van der Waals surface area (Å²) in [6.45, 7) is 1.87. The van der Waals surface area contributed by atoms with Crippen molar-refractivity contribution in [2.75, 3.05) is 24.5 Å². The van der Waals surface area contributed by atoms with Crippen molar-refractivity contribution < 1.29 is 14.7 Å². The molecule has 5 heteroatoms. The Morgan fingerprint density at radius 3 is 2.55 bits per heavy atom. The molecule has 0 radical (unpaired) electrons. The van der Waals surface area contributed by atoms with Crippen molar-refractivity contribution in [3.63, 3.8) is 0 Å². The third-order valence-electron chi connectivity index (χ3n) is 4.23. The van der Waals surface area contributed by atoms with Gasteiger partial charge in [0.2, 0.25) is 5.91 Å². The Hall–Kier alpha value is -2.04. The molecule has 20 heavy (non-hydrogen) atoms. The molecule has 1 aliphatic heterocycles. The van der Waals surface area contributed by atoms with Crippen LogP contribution in [-0.4, -0.2) is 36.6 Å². The summed E-state index contributed by atoms with van der Waals surface area (Å²) in [5.74, 6) is -0.691. The lowest BCUT2D eigenvalue weighted by molar-refractivity contribution is -0.137. The number of hydrogen-bond donors (Lipinski definition) is 2. The molecule has 106 valence electrons. The highest BCUT2D eigenvalue weighted by Gasteiger charge is 2.45. The number of benzene rings is 1. The van der Waals surface area contributed by atoms with Gasteiger partial charge in [-0.3, -0.25) is 9.59 Å². The van der Waals surface area contributed by atoms with Crippen LogP contribution in [0.2, 0.25) is 0 Å². The molecule has 2 fully saturated rings. The van der Waals surface area contributed by atoms with Crippen molar-refractivity contribution in [3.8, 4) is 0 Å². The maximum absolute atomic E-state index is 11.4. The quantitative estimate of drug-likeness (QED) is 0.863. The van der Waals surface area contributed by atoms with Crippen LogP contribution in [0.1, 0.15) is 24.8 Å². The molecule has 3 rings (SSSR count). The predicted molar refractivity (Wildman–Crippen MR) is 74.8 cm³/mol. The first-order valence-corrected chi connectivity index (χ1v) is 6.93. The highest BCUT2D eigenvalue weighted by Crippen LogP contribution is 2.51. The summed E-state index contributed by atoms with van der Waals surface area (Å²) in [4.78, 5) is 24.4. The lowest BCUT2D eigenvalue weighted by Gasteiger charge is -2.29. The van der Waals surface area contributed by atoms with Gasteiger partial charge in [0.1, 0.15) is 0 Å². The minimum Gasteiger partial charge on any atom is -0.481 e. The van der Waals surface area contributed by atoms with Crippen molar-refractivity contribution >= 4 is 17.6 Å². The van der Waals surface area contributed by atoms with Crippen LogP contribution in [0.25, 0.3) is 0 Å². The first-order valence-electron chi connectivity index (χ1n) is 6.93. The summed E-state index contributed by atoms with van der Waals surface area (Å²) in [5, 5.41) is 11.8. The van der Waals surface area contributed by atoms with Crippen molar-refractivity contribution in [2.24, 2.45) is 0 Å².